The molecule has 0 radical (unpaired) electrons. The Bertz CT molecular complexity index is 857. The summed E-state index contributed by atoms with van der Waals surface area (Å²) in [5.74, 6) is 0.0145. The second-order valence-corrected chi connectivity index (χ2v) is 6.76. The summed E-state index contributed by atoms with van der Waals surface area (Å²) in [7, 11) is 0. The van der Waals surface area contributed by atoms with Crippen molar-refractivity contribution in [2.45, 2.75) is 26.3 Å². The molecule has 146 valence electrons. The molecule has 1 atom stereocenters. The zero-order valence-electron chi connectivity index (χ0n) is 16.6. The van der Waals surface area contributed by atoms with Crippen molar-refractivity contribution < 1.29 is 4.79 Å². The minimum atomic E-state index is 0.0145. The average molecular weight is 377 g/mol. The van der Waals surface area contributed by atoms with Crippen LogP contribution < -0.4 is 5.32 Å². The average Bonchev–Trinajstić information content (AvgIpc) is 3.21. The molecule has 2 aromatic carbocycles. The molecule has 3 rings (SSSR count). The summed E-state index contributed by atoms with van der Waals surface area (Å²) < 4.78 is 1.80. The zero-order valence-corrected chi connectivity index (χ0v) is 16.6. The van der Waals surface area contributed by atoms with Crippen molar-refractivity contribution in [3.63, 3.8) is 0 Å². The van der Waals surface area contributed by atoms with E-state index in [1.807, 2.05) is 54.7 Å². The van der Waals surface area contributed by atoms with E-state index in [9.17, 15) is 4.79 Å². The van der Waals surface area contributed by atoms with Crippen LogP contribution in [0.15, 0.2) is 73.1 Å². The largest absolute Gasteiger partial charge is 0.354 e. The first-order chi connectivity index (χ1) is 13.7. The Morgan fingerprint density at radius 2 is 1.68 bits per heavy atom. The second kappa shape index (κ2) is 9.85. The normalized spacial score (nSPS) is 12.1. The molecular weight excluding hydrogens is 348 g/mol. The van der Waals surface area contributed by atoms with E-state index in [-0.39, 0.29) is 11.9 Å². The van der Waals surface area contributed by atoms with Crippen LogP contribution in [-0.4, -0.2) is 40.2 Å². The van der Waals surface area contributed by atoms with E-state index in [1.54, 1.807) is 10.9 Å². The van der Waals surface area contributed by atoms with Gasteiger partial charge in [-0.25, -0.2) is 4.68 Å². The quantitative estimate of drug-likeness (QED) is 0.621. The van der Waals surface area contributed by atoms with E-state index in [2.05, 4.69) is 41.3 Å². The predicted octanol–water partition coefficient (Wildman–Crippen LogP) is 3.61. The minimum absolute atomic E-state index is 0.0145. The zero-order chi connectivity index (χ0) is 19.8. The smallest absolute Gasteiger partial charge is 0.224 e. The Hall–Kier alpha value is -2.92. The molecule has 28 heavy (non-hydrogen) atoms. The number of benzene rings is 2. The number of rotatable bonds is 9. The third-order valence-corrected chi connectivity index (χ3v) is 4.95. The molecule has 0 saturated carbocycles. The maximum absolute atomic E-state index is 12.5. The first kappa shape index (κ1) is 19.8. The third kappa shape index (κ3) is 5.08. The van der Waals surface area contributed by atoms with E-state index in [4.69, 9.17) is 0 Å². The highest BCUT2D eigenvalue weighted by Crippen LogP contribution is 2.19. The van der Waals surface area contributed by atoms with Gasteiger partial charge >= 0.3 is 0 Å². The van der Waals surface area contributed by atoms with Crippen LogP contribution in [0.3, 0.4) is 0 Å². The van der Waals surface area contributed by atoms with E-state index in [0.29, 0.717) is 13.0 Å². The fraction of sp³-hybridized carbons (Fsp3) is 0.304. The second-order valence-electron chi connectivity index (χ2n) is 6.76. The van der Waals surface area contributed by atoms with Crippen LogP contribution in [0.2, 0.25) is 0 Å². The van der Waals surface area contributed by atoms with Gasteiger partial charge in [-0.2, -0.15) is 5.10 Å². The van der Waals surface area contributed by atoms with Crippen molar-refractivity contribution in [2.24, 2.45) is 0 Å². The van der Waals surface area contributed by atoms with E-state index in [0.717, 1.165) is 24.3 Å². The van der Waals surface area contributed by atoms with Crippen LogP contribution in [-0.2, 0) is 11.2 Å². The lowest BCUT2D eigenvalue weighted by Crippen LogP contribution is -2.38. The number of carbonyl (C=O) groups is 1. The van der Waals surface area contributed by atoms with Crippen molar-refractivity contribution in [3.8, 4) is 5.69 Å². The van der Waals surface area contributed by atoms with Crippen molar-refractivity contribution in [3.05, 3.63) is 84.2 Å². The topological polar surface area (TPSA) is 50.2 Å². The molecular formula is C23H28N4O. The van der Waals surface area contributed by atoms with Gasteiger partial charge in [0.15, 0.2) is 0 Å². The summed E-state index contributed by atoms with van der Waals surface area (Å²) in [6.45, 7) is 6.78. The first-order valence-electron chi connectivity index (χ1n) is 9.86. The SMILES string of the molecule is CCN(CC)C(CNC(=O)Cc1cnn(-c2ccccc2)c1)c1ccccc1. The molecule has 0 aliphatic carbocycles. The fourth-order valence-electron chi connectivity index (χ4n) is 3.43. The fourth-order valence-corrected chi connectivity index (χ4v) is 3.43. The van der Waals surface area contributed by atoms with Gasteiger partial charge in [-0.05, 0) is 36.3 Å². The number of likely N-dealkylation sites (N-methyl/N-ethyl adjacent to an activating group) is 1. The van der Waals surface area contributed by atoms with Crippen molar-refractivity contribution in [1.82, 2.24) is 20.0 Å². The number of hydrogen-bond donors (Lipinski definition) is 1. The van der Waals surface area contributed by atoms with Crippen LogP contribution in [0.1, 0.15) is 31.0 Å². The van der Waals surface area contributed by atoms with Gasteiger partial charge in [0.25, 0.3) is 0 Å². The molecule has 1 aromatic heterocycles. The molecule has 1 N–H and O–H groups in total. The van der Waals surface area contributed by atoms with Gasteiger partial charge in [0, 0.05) is 12.7 Å². The van der Waals surface area contributed by atoms with Gasteiger partial charge in [-0.1, -0.05) is 62.4 Å². The predicted molar refractivity (Wildman–Crippen MR) is 112 cm³/mol. The Labute approximate surface area is 167 Å². The summed E-state index contributed by atoms with van der Waals surface area (Å²) in [6, 6.07) is 20.4. The van der Waals surface area contributed by atoms with Gasteiger partial charge in [0.1, 0.15) is 0 Å². The Balaban J connectivity index is 1.61. The molecule has 0 fully saturated rings. The Kier molecular flexibility index (Phi) is 6.98. The molecule has 1 amide bonds. The van der Waals surface area contributed by atoms with E-state index >= 15 is 0 Å². The first-order valence-corrected chi connectivity index (χ1v) is 9.86. The summed E-state index contributed by atoms with van der Waals surface area (Å²) in [6.07, 6.45) is 3.99. The number of nitrogens with one attached hydrogen (secondary N) is 1. The molecule has 0 saturated heterocycles. The molecule has 3 aromatic rings. The summed E-state index contributed by atoms with van der Waals surface area (Å²) in [5, 5.41) is 7.48. The monoisotopic (exact) mass is 376 g/mol. The maximum atomic E-state index is 12.5. The molecule has 0 spiro atoms. The highest BCUT2D eigenvalue weighted by molar-refractivity contribution is 5.78. The third-order valence-electron chi connectivity index (χ3n) is 4.95. The van der Waals surface area contributed by atoms with E-state index in [1.165, 1.54) is 5.56 Å². The van der Waals surface area contributed by atoms with Gasteiger partial charge in [-0.15, -0.1) is 0 Å². The van der Waals surface area contributed by atoms with Gasteiger partial charge in [-0.3, -0.25) is 9.69 Å². The number of para-hydroxylation sites is 1. The maximum Gasteiger partial charge on any atom is 0.224 e. The van der Waals surface area contributed by atoms with Crippen LogP contribution in [0.25, 0.3) is 5.69 Å². The molecule has 1 heterocycles. The number of aromatic nitrogens is 2. The van der Waals surface area contributed by atoms with Crippen LogP contribution >= 0.6 is 0 Å². The lowest BCUT2D eigenvalue weighted by Gasteiger charge is -2.30. The minimum Gasteiger partial charge on any atom is -0.354 e. The molecule has 0 aliphatic rings. The number of carbonyl (C=O) groups excluding carboxylic acids is 1. The van der Waals surface area contributed by atoms with Crippen molar-refractivity contribution >= 4 is 5.91 Å². The number of amides is 1. The van der Waals surface area contributed by atoms with E-state index < -0.39 is 0 Å². The molecule has 5 heteroatoms. The highest BCUT2D eigenvalue weighted by Gasteiger charge is 2.18. The Morgan fingerprint density at radius 3 is 2.32 bits per heavy atom. The molecule has 1 unspecified atom stereocenters. The van der Waals surface area contributed by atoms with Crippen molar-refractivity contribution in [2.75, 3.05) is 19.6 Å². The summed E-state index contributed by atoms with van der Waals surface area (Å²) in [5.41, 5.74) is 3.11. The van der Waals surface area contributed by atoms with Crippen LogP contribution in [0.5, 0.6) is 0 Å². The number of hydrogen-bond acceptors (Lipinski definition) is 3. The Morgan fingerprint density at radius 1 is 1.04 bits per heavy atom. The van der Waals surface area contributed by atoms with Crippen molar-refractivity contribution in [1.29, 1.82) is 0 Å². The number of nitrogens with zero attached hydrogens (tertiary/aromatic N) is 3. The lowest BCUT2D eigenvalue weighted by molar-refractivity contribution is -0.120. The van der Waals surface area contributed by atoms with Gasteiger partial charge in [0.2, 0.25) is 5.91 Å². The summed E-state index contributed by atoms with van der Waals surface area (Å²) >= 11 is 0. The van der Waals surface area contributed by atoms with Crippen LogP contribution in [0, 0.1) is 0 Å². The molecule has 0 bridgehead atoms. The molecule has 0 aliphatic heterocycles. The van der Waals surface area contributed by atoms with Gasteiger partial charge < -0.3 is 5.32 Å². The molecule has 5 nitrogen and oxygen atoms in total. The van der Waals surface area contributed by atoms with Gasteiger partial charge in [0.05, 0.1) is 24.3 Å². The summed E-state index contributed by atoms with van der Waals surface area (Å²) in [4.78, 5) is 14.9. The standard InChI is InChI=1S/C23H28N4O/c1-3-26(4-2)22(20-11-7-5-8-12-20)17-24-23(28)15-19-16-25-27(18-19)21-13-9-6-10-14-21/h5-14,16,18,22H,3-4,15,17H2,1-2H3,(H,24,28). The lowest BCUT2D eigenvalue weighted by atomic mass is 10.0. The highest BCUT2D eigenvalue weighted by atomic mass is 16.1. The van der Waals surface area contributed by atoms with Crippen LogP contribution in [0.4, 0.5) is 0 Å².